The molecule has 1 aliphatic heterocycles. The molecule has 1 atom stereocenters. The zero-order chi connectivity index (χ0) is 14.9. The molecule has 1 unspecified atom stereocenters. The molecule has 2 heterocycles. The van der Waals surface area contributed by atoms with Crippen molar-refractivity contribution >= 4 is 11.6 Å². The van der Waals surface area contributed by atoms with Crippen LogP contribution in [-0.2, 0) is 6.54 Å². The third-order valence-electron chi connectivity index (χ3n) is 3.52. The van der Waals surface area contributed by atoms with Crippen LogP contribution in [0, 0.1) is 10.1 Å². The standard InChI is InChI=1S/C13H19N3O4/c1-3-5-14-8-10(16(19)20)7-11(14)12(17)15-6-4-13(2,18)9-15/h7-8,18H,3-6,9H2,1-2H3. The summed E-state index contributed by atoms with van der Waals surface area (Å²) in [6, 6.07) is 1.31. The molecule has 1 aromatic heterocycles. The summed E-state index contributed by atoms with van der Waals surface area (Å²) < 4.78 is 1.62. The molecule has 110 valence electrons. The minimum absolute atomic E-state index is 0.0762. The van der Waals surface area contributed by atoms with Crippen molar-refractivity contribution in [2.75, 3.05) is 13.1 Å². The van der Waals surface area contributed by atoms with Gasteiger partial charge in [-0.2, -0.15) is 0 Å². The Labute approximate surface area is 116 Å². The minimum Gasteiger partial charge on any atom is -0.388 e. The predicted octanol–water partition coefficient (Wildman–Crippen LogP) is 1.40. The monoisotopic (exact) mass is 281 g/mol. The van der Waals surface area contributed by atoms with Gasteiger partial charge in [0.15, 0.2) is 0 Å². The van der Waals surface area contributed by atoms with Gasteiger partial charge in [-0.25, -0.2) is 0 Å². The summed E-state index contributed by atoms with van der Waals surface area (Å²) in [5.74, 6) is -0.260. The van der Waals surface area contributed by atoms with Crippen molar-refractivity contribution in [3.8, 4) is 0 Å². The van der Waals surface area contributed by atoms with Crippen LogP contribution < -0.4 is 0 Å². The summed E-state index contributed by atoms with van der Waals surface area (Å²) in [5, 5.41) is 20.8. The second kappa shape index (κ2) is 5.24. The molecule has 0 radical (unpaired) electrons. The maximum Gasteiger partial charge on any atom is 0.287 e. The number of rotatable bonds is 4. The van der Waals surface area contributed by atoms with Crippen LogP contribution in [0.3, 0.4) is 0 Å². The number of likely N-dealkylation sites (tertiary alicyclic amines) is 1. The van der Waals surface area contributed by atoms with Crippen molar-refractivity contribution in [1.82, 2.24) is 9.47 Å². The van der Waals surface area contributed by atoms with E-state index in [9.17, 15) is 20.0 Å². The lowest BCUT2D eigenvalue weighted by Crippen LogP contribution is -2.34. The fourth-order valence-electron chi connectivity index (χ4n) is 2.48. The first-order valence-corrected chi connectivity index (χ1v) is 6.70. The Morgan fingerprint density at radius 2 is 2.30 bits per heavy atom. The maximum absolute atomic E-state index is 12.4. The van der Waals surface area contributed by atoms with Gasteiger partial charge in [0.2, 0.25) is 0 Å². The molecule has 1 fully saturated rings. The number of carbonyl (C=O) groups excluding carboxylic acids is 1. The summed E-state index contributed by atoms with van der Waals surface area (Å²) in [5.41, 5.74) is -0.631. The maximum atomic E-state index is 12.4. The number of β-amino-alcohol motifs (C(OH)–C–C–N with tert-alkyl or cyclic N) is 1. The molecule has 7 nitrogen and oxygen atoms in total. The van der Waals surface area contributed by atoms with Crippen molar-refractivity contribution < 1.29 is 14.8 Å². The van der Waals surface area contributed by atoms with Crippen molar-refractivity contribution in [3.63, 3.8) is 0 Å². The zero-order valence-corrected chi connectivity index (χ0v) is 11.7. The molecule has 20 heavy (non-hydrogen) atoms. The fourth-order valence-corrected chi connectivity index (χ4v) is 2.48. The first kappa shape index (κ1) is 14.5. The van der Waals surface area contributed by atoms with Gasteiger partial charge in [0.25, 0.3) is 11.6 Å². The second-order valence-electron chi connectivity index (χ2n) is 5.51. The van der Waals surface area contributed by atoms with E-state index in [0.29, 0.717) is 25.2 Å². The van der Waals surface area contributed by atoms with Crippen molar-refractivity contribution in [1.29, 1.82) is 0 Å². The number of aryl methyl sites for hydroxylation is 1. The number of hydrogen-bond donors (Lipinski definition) is 1. The van der Waals surface area contributed by atoms with E-state index >= 15 is 0 Å². The summed E-state index contributed by atoms with van der Waals surface area (Å²) in [6.45, 7) is 4.92. The van der Waals surface area contributed by atoms with Crippen LogP contribution in [0.15, 0.2) is 12.3 Å². The molecule has 1 aliphatic rings. The highest BCUT2D eigenvalue weighted by Gasteiger charge is 2.35. The van der Waals surface area contributed by atoms with Crippen LogP contribution >= 0.6 is 0 Å². The minimum atomic E-state index is -0.871. The van der Waals surface area contributed by atoms with Gasteiger partial charge in [-0.1, -0.05) is 6.92 Å². The molecule has 0 saturated carbocycles. The quantitative estimate of drug-likeness (QED) is 0.667. The second-order valence-corrected chi connectivity index (χ2v) is 5.51. The van der Waals surface area contributed by atoms with Gasteiger partial charge in [0, 0.05) is 25.7 Å². The van der Waals surface area contributed by atoms with E-state index in [1.54, 1.807) is 16.4 Å². The first-order valence-electron chi connectivity index (χ1n) is 6.70. The molecular weight excluding hydrogens is 262 g/mol. The molecule has 0 aromatic carbocycles. The molecule has 1 saturated heterocycles. The Balaban J connectivity index is 2.27. The number of amides is 1. The number of nitro groups is 1. The van der Waals surface area contributed by atoms with E-state index in [4.69, 9.17) is 0 Å². The lowest BCUT2D eigenvalue weighted by Gasteiger charge is -2.19. The van der Waals surface area contributed by atoms with E-state index in [1.807, 2.05) is 6.92 Å². The molecule has 1 amide bonds. The summed E-state index contributed by atoms with van der Waals surface area (Å²) in [7, 11) is 0. The molecule has 1 N–H and O–H groups in total. The first-order chi connectivity index (χ1) is 9.34. The highest BCUT2D eigenvalue weighted by Crippen LogP contribution is 2.24. The average Bonchev–Trinajstić information content (AvgIpc) is 2.93. The third-order valence-corrected chi connectivity index (χ3v) is 3.52. The van der Waals surface area contributed by atoms with E-state index < -0.39 is 10.5 Å². The highest BCUT2D eigenvalue weighted by atomic mass is 16.6. The highest BCUT2D eigenvalue weighted by molar-refractivity contribution is 5.93. The zero-order valence-electron chi connectivity index (χ0n) is 11.7. The van der Waals surface area contributed by atoms with Crippen molar-refractivity contribution in [2.45, 2.75) is 38.8 Å². The van der Waals surface area contributed by atoms with Crippen LogP contribution in [0.4, 0.5) is 5.69 Å². The molecular formula is C13H19N3O4. The number of hydrogen-bond acceptors (Lipinski definition) is 4. The van der Waals surface area contributed by atoms with Crippen LogP contribution in [0.2, 0.25) is 0 Å². The summed E-state index contributed by atoms with van der Waals surface area (Å²) >= 11 is 0. The van der Waals surface area contributed by atoms with Crippen LogP contribution in [-0.4, -0.2) is 44.1 Å². The van der Waals surface area contributed by atoms with Gasteiger partial charge < -0.3 is 14.6 Å². The molecule has 0 bridgehead atoms. The van der Waals surface area contributed by atoms with E-state index in [2.05, 4.69) is 0 Å². The lowest BCUT2D eigenvalue weighted by molar-refractivity contribution is -0.384. The third kappa shape index (κ3) is 2.82. The van der Waals surface area contributed by atoms with Crippen LogP contribution in [0.5, 0.6) is 0 Å². The Morgan fingerprint density at radius 1 is 1.60 bits per heavy atom. The Hall–Kier alpha value is -1.89. The number of aliphatic hydroxyl groups is 1. The molecule has 0 aliphatic carbocycles. The van der Waals surface area contributed by atoms with Gasteiger partial charge in [-0.15, -0.1) is 0 Å². The number of aromatic nitrogens is 1. The van der Waals surface area contributed by atoms with Gasteiger partial charge in [0.1, 0.15) is 5.69 Å². The predicted molar refractivity (Wildman–Crippen MR) is 72.5 cm³/mol. The number of nitrogens with zero attached hydrogens (tertiary/aromatic N) is 3. The number of carbonyl (C=O) groups is 1. The Morgan fingerprint density at radius 3 is 2.80 bits per heavy atom. The van der Waals surface area contributed by atoms with Crippen molar-refractivity contribution in [2.24, 2.45) is 0 Å². The van der Waals surface area contributed by atoms with Gasteiger partial charge in [0.05, 0.1) is 16.7 Å². The largest absolute Gasteiger partial charge is 0.388 e. The van der Waals surface area contributed by atoms with Gasteiger partial charge in [-0.3, -0.25) is 14.9 Å². The summed E-state index contributed by atoms with van der Waals surface area (Å²) in [4.78, 5) is 24.3. The van der Waals surface area contributed by atoms with Gasteiger partial charge in [-0.05, 0) is 19.8 Å². The van der Waals surface area contributed by atoms with E-state index in [0.717, 1.165) is 6.42 Å². The summed E-state index contributed by atoms with van der Waals surface area (Å²) in [6.07, 6.45) is 2.70. The Kier molecular flexibility index (Phi) is 3.80. The topological polar surface area (TPSA) is 88.6 Å². The molecule has 7 heteroatoms. The van der Waals surface area contributed by atoms with Crippen molar-refractivity contribution in [3.05, 3.63) is 28.1 Å². The molecule has 2 rings (SSSR count). The average molecular weight is 281 g/mol. The van der Waals surface area contributed by atoms with E-state index in [-0.39, 0.29) is 18.1 Å². The Bertz CT molecular complexity index is 536. The smallest absolute Gasteiger partial charge is 0.287 e. The lowest BCUT2D eigenvalue weighted by atomic mass is 10.1. The normalized spacial score (nSPS) is 22.2. The SMILES string of the molecule is CCCn1cc([N+](=O)[O-])cc1C(=O)N1CCC(C)(O)C1. The fraction of sp³-hybridized carbons (Fsp3) is 0.615. The van der Waals surface area contributed by atoms with Gasteiger partial charge >= 0.3 is 0 Å². The molecule has 0 spiro atoms. The van der Waals surface area contributed by atoms with Crippen LogP contribution in [0.1, 0.15) is 37.2 Å². The van der Waals surface area contributed by atoms with Crippen LogP contribution in [0.25, 0.3) is 0 Å². The van der Waals surface area contributed by atoms with E-state index in [1.165, 1.54) is 12.3 Å². The molecule has 1 aromatic rings.